The van der Waals surface area contributed by atoms with E-state index in [0.29, 0.717) is 6.42 Å². The Morgan fingerprint density at radius 1 is 1.50 bits per heavy atom. The number of carboxylic acids is 1. The molecule has 0 saturated carbocycles. The van der Waals surface area contributed by atoms with E-state index < -0.39 is 5.97 Å². The average molecular weight is 250 g/mol. The van der Waals surface area contributed by atoms with E-state index in [9.17, 15) is 9.90 Å². The highest BCUT2D eigenvalue weighted by Gasteiger charge is 2.24. The fourth-order valence-electron chi connectivity index (χ4n) is 2.29. The van der Waals surface area contributed by atoms with Crippen LogP contribution in [0.3, 0.4) is 0 Å². The molecule has 1 heterocycles. The Balaban J connectivity index is 2.24. The van der Waals surface area contributed by atoms with E-state index in [-0.39, 0.29) is 23.3 Å². The van der Waals surface area contributed by atoms with Crippen molar-refractivity contribution in [3.05, 3.63) is 23.8 Å². The summed E-state index contributed by atoms with van der Waals surface area (Å²) in [4.78, 5) is 13.1. The highest BCUT2D eigenvalue weighted by molar-refractivity contribution is 5.94. The van der Waals surface area contributed by atoms with Gasteiger partial charge in [-0.3, -0.25) is 0 Å². The van der Waals surface area contributed by atoms with Crippen LogP contribution in [0.25, 0.3) is 0 Å². The zero-order chi connectivity index (χ0) is 13.3. The largest absolute Gasteiger partial charge is 0.478 e. The number of aliphatic hydroxyl groups is 1. The zero-order valence-electron chi connectivity index (χ0n) is 10.3. The third-order valence-electron chi connectivity index (χ3n) is 3.49. The van der Waals surface area contributed by atoms with Gasteiger partial charge in [-0.15, -0.1) is 0 Å². The number of benzene rings is 1. The minimum Gasteiger partial charge on any atom is -0.478 e. The molecule has 98 valence electrons. The predicted octanol–water partition coefficient (Wildman–Crippen LogP) is 1.17. The number of rotatable bonds is 2. The van der Waals surface area contributed by atoms with Gasteiger partial charge in [0, 0.05) is 24.5 Å². The summed E-state index contributed by atoms with van der Waals surface area (Å²) in [7, 11) is 0. The van der Waals surface area contributed by atoms with Crippen molar-refractivity contribution in [3.8, 4) is 0 Å². The summed E-state index contributed by atoms with van der Waals surface area (Å²) in [5, 5.41) is 18.7. The van der Waals surface area contributed by atoms with Crippen LogP contribution in [-0.2, 0) is 0 Å². The van der Waals surface area contributed by atoms with Crippen LogP contribution in [0.5, 0.6) is 0 Å². The minimum absolute atomic E-state index is 0.131. The van der Waals surface area contributed by atoms with Gasteiger partial charge in [-0.05, 0) is 30.5 Å². The molecule has 1 aliphatic heterocycles. The molecule has 0 aromatic heterocycles. The van der Waals surface area contributed by atoms with Crippen molar-refractivity contribution in [1.82, 2.24) is 0 Å². The molecule has 18 heavy (non-hydrogen) atoms. The number of nitrogens with two attached hydrogens (primary N) is 1. The Morgan fingerprint density at radius 3 is 2.83 bits per heavy atom. The topological polar surface area (TPSA) is 86.8 Å². The van der Waals surface area contributed by atoms with E-state index in [1.807, 2.05) is 13.0 Å². The van der Waals surface area contributed by atoms with Crippen LogP contribution in [0.4, 0.5) is 11.4 Å². The smallest absolute Gasteiger partial charge is 0.337 e. The molecule has 0 radical (unpaired) electrons. The molecule has 1 saturated heterocycles. The maximum absolute atomic E-state index is 11.0. The van der Waals surface area contributed by atoms with Crippen molar-refractivity contribution in [2.24, 2.45) is 5.92 Å². The van der Waals surface area contributed by atoms with Crippen molar-refractivity contribution in [3.63, 3.8) is 0 Å². The molecule has 5 nitrogen and oxygen atoms in total. The molecule has 2 unspecified atom stereocenters. The molecule has 1 fully saturated rings. The summed E-state index contributed by atoms with van der Waals surface area (Å²) in [6.45, 7) is 3.45. The number of anilines is 2. The number of nitrogen functional groups attached to an aromatic ring is 1. The maximum Gasteiger partial charge on any atom is 0.337 e. The van der Waals surface area contributed by atoms with Crippen molar-refractivity contribution in [2.75, 3.05) is 23.7 Å². The number of aromatic carboxylic acids is 1. The summed E-state index contributed by atoms with van der Waals surface area (Å²) in [6.07, 6.45) is 0.433. The number of hydrogen-bond donors (Lipinski definition) is 3. The minimum atomic E-state index is -1.01. The van der Waals surface area contributed by atoms with Crippen LogP contribution in [0.15, 0.2) is 18.2 Å². The van der Waals surface area contributed by atoms with Crippen molar-refractivity contribution in [2.45, 2.75) is 19.4 Å². The molecule has 2 rings (SSSR count). The molecular formula is C13H18N2O3. The number of carboxylic acid groups (broad SMARTS) is 1. The lowest BCUT2D eigenvalue weighted by Gasteiger charge is -2.36. The second-order valence-electron chi connectivity index (χ2n) is 4.86. The molecule has 1 aliphatic rings. The second kappa shape index (κ2) is 4.86. The standard InChI is InChI=1S/C13H18N2O3/c1-8-7-15(5-4-12(8)16)9-2-3-11(14)10(6-9)13(17)18/h2-3,6,8,12,16H,4-5,7,14H2,1H3,(H,17,18). The van der Waals surface area contributed by atoms with Gasteiger partial charge in [0.1, 0.15) is 0 Å². The number of aliphatic hydroxyl groups excluding tert-OH is 1. The van der Waals surface area contributed by atoms with Crippen LogP contribution in [-0.4, -0.2) is 35.4 Å². The Morgan fingerprint density at radius 2 is 2.22 bits per heavy atom. The molecule has 0 spiro atoms. The Labute approximate surface area is 106 Å². The van der Waals surface area contributed by atoms with Gasteiger partial charge in [0.25, 0.3) is 0 Å². The third kappa shape index (κ3) is 2.41. The summed E-state index contributed by atoms with van der Waals surface area (Å²) in [6, 6.07) is 5.04. The summed E-state index contributed by atoms with van der Waals surface area (Å²) < 4.78 is 0. The van der Waals surface area contributed by atoms with Gasteiger partial charge in [-0.2, -0.15) is 0 Å². The van der Waals surface area contributed by atoms with E-state index in [1.54, 1.807) is 12.1 Å². The first-order valence-corrected chi connectivity index (χ1v) is 6.05. The predicted molar refractivity (Wildman–Crippen MR) is 69.8 cm³/mol. The van der Waals surface area contributed by atoms with Gasteiger partial charge in [0.15, 0.2) is 0 Å². The lowest BCUT2D eigenvalue weighted by atomic mass is 9.96. The first kappa shape index (κ1) is 12.7. The lowest BCUT2D eigenvalue weighted by molar-refractivity contribution is 0.0697. The molecular weight excluding hydrogens is 232 g/mol. The second-order valence-corrected chi connectivity index (χ2v) is 4.86. The molecule has 4 N–H and O–H groups in total. The fourth-order valence-corrected chi connectivity index (χ4v) is 2.29. The number of hydrogen-bond acceptors (Lipinski definition) is 4. The molecule has 0 bridgehead atoms. The quantitative estimate of drug-likeness (QED) is 0.686. The Hall–Kier alpha value is -1.75. The van der Waals surface area contributed by atoms with E-state index >= 15 is 0 Å². The van der Waals surface area contributed by atoms with E-state index in [0.717, 1.165) is 18.8 Å². The normalized spacial score (nSPS) is 24.0. The van der Waals surface area contributed by atoms with Gasteiger partial charge >= 0.3 is 5.97 Å². The highest BCUT2D eigenvalue weighted by Crippen LogP contribution is 2.26. The van der Waals surface area contributed by atoms with Gasteiger partial charge < -0.3 is 20.8 Å². The van der Waals surface area contributed by atoms with Crippen LogP contribution < -0.4 is 10.6 Å². The number of piperidine rings is 1. The SMILES string of the molecule is CC1CN(c2ccc(N)c(C(=O)O)c2)CCC1O. The summed E-state index contributed by atoms with van der Waals surface area (Å²) >= 11 is 0. The molecule has 1 aromatic rings. The zero-order valence-corrected chi connectivity index (χ0v) is 10.3. The van der Waals surface area contributed by atoms with Crippen LogP contribution in [0.2, 0.25) is 0 Å². The monoisotopic (exact) mass is 250 g/mol. The van der Waals surface area contributed by atoms with Gasteiger partial charge in [-0.25, -0.2) is 4.79 Å². The summed E-state index contributed by atoms with van der Waals surface area (Å²) in [5.74, 6) is -0.830. The Bertz CT molecular complexity index is 462. The highest BCUT2D eigenvalue weighted by atomic mass is 16.4. The maximum atomic E-state index is 11.0. The number of carbonyl (C=O) groups is 1. The van der Waals surface area contributed by atoms with Gasteiger partial charge in [-0.1, -0.05) is 6.92 Å². The Kier molecular flexibility index (Phi) is 3.43. The number of nitrogens with zero attached hydrogens (tertiary/aromatic N) is 1. The first-order valence-electron chi connectivity index (χ1n) is 6.05. The van der Waals surface area contributed by atoms with Crippen molar-refractivity contribution >= 4 is 17.3 Å². The van der Waals surface area contributed by atoms with Gasteiger partial charge in [0.05, 0.1) is 11.7 Å². The molecule has 0 aliphatic carbocycles. The van der Waals surface area contributed by atoms with E-state index in [1.165, 1.54) is 0 Å². The van der Waals surface area contributed by atoms with Crippen LogP contribution in [0, 0.1) is 5.92 Å². The molecule has 5 heteroatoms. The van der Waals surface area contributed by atoms with Crippen molar-refractivity contribution in [1.29, 1.82) is 0 Å². The molecule has 2 atom stereocenters. The van der Waals surface area contributed by atoms with Crippen molar-refractivity contribution < 1.29 is 15.0 Å². The van der Waals surface area contributed by atoms with Crippen LogP contribution in [0.1, 0.15) is 23.7 Å². The molecule has 0 amide bonds. The average Bonchev–Trinajstić information content (AvgIpc) is 2.33. The van der Waals surface area contributed by atoms with E-state index in [4.69, 9.17) is 10.8 Å². The van der Waals surface area contributed by atoms with Crippen LogP contribution >= 0.6 is 0 Å². The molecule has 1 aromatic carbocycles. The summed E-state index contributed by atoms with van der Waals surface area (Å²) in [5.41, 5.74) is 6.88. The van der Waals surface area contributed by atoms with Gasteiger partial charge in [0.2, 0.25) is 0 Å². The third-order valence-corrected chi connectivity index (χ3v) is 3.49. The first-order chi connectivity index (χ1) is 8.49. The fraction of sp³-hybridized carbons (Fsp3) is 0.462. The lowest BCUT2D eigenvalue weighted by Crippen LogP contribution is -2.42. The van der Waals surface area contributed by atoms with E-state index in [2.05, 4.69) is 4.90 Å².